The number of hydrogen-bond acceptors (Lipinski definition) is 4. The molecule has 0 radical (unpaired) electrons. The molecule has 2 rings (SSSR count). The van der Waals surface area contributed by atoms with Gasteiger partial charge in [0.15, 0.2) is 12.7 Å². The fraction of sp³-hybridized carbons (Fsp3) is 0.333. The molecule has 96 valence electrons. The lowest BCUT2D eigenvalue weighted by Crippen LogP contribution is -2.34. The third kappa shape index (κ3) is 2.85. The van der Waals surface area contributed by atoms with Gasteiger partial charge in [-0.2, -0.15) is 0 Å². The van der Waals surface area contributed by atoms with Gasteiger partial charge >= 0.3 is 5.97 Å². The number of aliphatic carboxylic acids is 1. The monoisotopic (exact) mass is 251 g/mol. The Morgan fingerprint density at radius 2 is 2.22 bits per heavy atom. The highest BCUT2D eigenvalue weighted by molar-refractivity contribution is 5.82. The van der Waals surface area contributed by atoms with Crippen LogP contribution in [-0.4, -0.2) is 30.2 Å². The van der Waals surface area contributed by atoms with Gasteiger partial charge in [-0.05, 0) is 17.5 Å². The summed E-state index contributed by atoms with van der Waals surface area (Å²) in [6.45, 7) is -0.131. The number of carboxylic acids is 1. The first-order valence-electron chi connectivity index (χ1n) is 5.51. The molecule has 1 aromatic rings. The molecular weight excluding hydrogens is 238 g/mol. The van der Waals surface area contributed by atoms with Crippen LogP contribution in [0.4, 0.5) is 0 Å². The number of hydroxylamine groups is 1. The van der Waals surface area contributed by atoms with E-state index in [1.54, 1.807) is 0 Å². The van der Waals surface area contributed by atoms with Crippen LogP contribution in [0.2, 0.25) is 0 Å². The predicted octanol–water partition coefficient (Wildman–Crippen LogP) is 0.433. The van der Waals surface area contributed by atoms with Gasteiger partial charge in [0, 0.05) is 0 Å². The van der Waals surface area contributed by atoms with Crippen LogP contribution in [0.5, 0.6) is 0 Å². The van der Waals surface area contributed by atoms with Gasteiger partial charge in [-0.15, -0.1) is 0 Å². The molecular formula is C12H13NO5. The molecule has 1 aliphatic heterocycles. The molecule has 1 atom stereocenters. The van der Waals surface area contributed by atoms with Crippen molar-refractivity contribution in [3.8, 4) is 0 Å². The summed E-state index contributed by atoms with van der Waals surface area (Å²) in [4.78, 5) is 26.6. The summed E-state index contributed by atoms with van der Waals surface area (Å²) in [5.41, 5.74) is 3.93. The highest BCUT2D eigenvalue weighted by atomic mass is 16.7. The summed E-state index contributed by atoms with van der Waals surface area (Å²) in [6, 6.07) is 7.48. The topological polar surface area (TPSA) is 84.9 Å². The Balaban J connectivity index is 2.01. The van der Waals surface area contributed by atoms with Crippen molar-refractivity contribution in [1.29, 1.82) is 0 Å². The SMILES string of the molecule is O=C(O)CONC(=O)C1OCCc2ccccc21. The zero-order chi connectivity index (χ0) is 13.0. The molecule has 1 aromatic carbocycles. The third-order valence-corrected chi connectivity index (χ3v) is 2.60. The van der Waals surface area contributed by atoms with Gasteiger partial charge in [0.2, 0.25) is 0 Å². The van der Waals surface area contributed by atoms with Crippen molar-refractivity contribution in [2.24, 2.45) is 0 Å². The molecule has 6 nitrogen and oxygen atoms in total. The zero-order valence-corrected chi connectivity index (χ0v) is 9.59. The van der Waals surface area contributed by atoms with E-state index in [-0.39, 0.29) is 0 Å². The molecule has 1 unspecified atom stereocenters. The Bertz CT molecular complexity index is 460. The van der Waals surface area contributed by atoms with Crippen LogP contribution < -0.4 is 5.48 Å². The molecule has 0 spiro atoms. The van der Waals surface area contributed by atoms with Crippen LogP contribution in [0.15, 0.2) is 24.3 Å². The van der Waals surface area contributed by atoms with E-state index >= 15 is 0 Å². The van der Waals surface area contributed by atoms with Crippen LogP contribution in [0.1, 0.15) is 17.2 Å². The van der Waals surface area contributed by atoms with E-state index in [1.807, 2.05) is 24.3 Å². The lowest BCUT2D eigenvalue weighted by molar-refractivity contribution is -0.155. The van der Waals surface area contributed by atoms with Gasteiger partial charge in [0.1, 0.15) is 0 Å². The summed E-state index contributed by atoms with van der Waals surface area (Å²) >= 11 is 0. The fourth-order valence-corrected chi connectivity index (χ4v) is 1.83. The lowest BCUT2D eigenvalue weighted by Gasteiger charge is -2.24. The molecule has 1 heterocycles. The zero-order valence-electron chi connectivity index (χ0n) is 9.59. The van der Waals surface area contributed by atoms with Crippen LogP contribution >= 0.6 is 0 Å². The molecule has 0 aromatic heterocycles. The highest BCUT2D eigenvalue weighted by Gasteiger charge is 2.27. The molecule has 0 aliphatic carbocycles. The summed E-state index contributed by atoms with van der Waals surface area (Å²) in [7, 11) is 0. The first kappa shape index (κ1) is 12.5. The minimum atomic E-state index is -1.15. The van der Waals surface area contributed by atoms with Gasteiger partial charge in [0.25, 0.3) is 5.91 Å². The van der Waals surface area contributed by atoms with E-state index < -0.39 is 24.6 Å². The van der Waals surface area contributed by atoms with Crippen molar-refractivity contribution in [3.63, 3.8) is 0 Å². The van der Waals surface area contributed by atoms with Crippen molar-refractivity contribution in [2.75, 3.05) is 13.2 Å². The molecule has 1 aliphatic rings. The number of amides is 1. The molecule has 2 N–H and O–H groups in total. The maximum Gasteiger partial charge on any atom is 0.332 e. The minimum Gasteiger partial charge on any atom is -0.479 e. The number of carboxylic acid groups (broad SMARTS) is 1. The molecule has 18 heavy (non-hydrogen) atoms. The summed E-state index contributed by atoms with van der Waals surface area (Å²) < 4.78 is 5.38. The quantitative estimate of drug-likeness (QED) is 0.758. The summed E-state index contributed by atoms with van der Waals surface area (Å²) in [5.74, 6) is -1.65. The second-order valence-corrected chi connectivity index (χ2v) is 3.85. The van der Waals surface area contributed by atoms with Gasteiger partial charge in [-0.3, -0.25) is 9.63 Å². The largest absolute Gasteiger partial charge is 0.479 e. The van der Waals surface area contributed by atoms with Crippen LogP contribution in [0.3, 0.4) is 0 Å². The van der Waals surface area contributed by atoms with Crippen LogP contribution in [-0.2, 0) is 25.6 Å². The Labute approximate surface area is 103 Å². The van der Waals surface area contributed by atoms with Crippen molar-refractivity contribution in [2.45, 2.75) is 12.5 Å². The second-order valence-electron chi connectivity index (χ2n) is 3.85. The van der Waals surface area contributed by atoms with Crippen LogP contribution in [0, 0.1) is 0 Å². The number of benzene rings is 1. The lowest BCUT2D eigenvalue weighted by atomic mass is 9.97. The Morgan fingerprint density at radius 1 is 1.44 bits per heavy atom. The number of hydrogen-bond donors (Lipinski definition) is 2. The molecule has 0 saturated heterocycles. The molecule has 6 heteroatoms. The van der Waals surface area contributed by atoms with Crippen molar-refractivity contribution < 1.29 is 24.3 Å². The average molecular weight is 251 g/mol. The van der Waals surface area contributed by atoms with E-state index in [9.17, 15) is 9.59 Å². The highest BCUT2D eigenvalue weighted by Crippen LogP contribution is 2.26. The first-order chi connectivity index (χ1) is 8.68. The van der Waals surface area contributed by atoms with Gasteiger partial charge < -0.3 is 9.84 Å². The molecule has 0 bridgehead atoms. The van der Waals surface area contributed by atoms with Gasteiger partial charge in [0.05, 0.1) is 6.61 Å². The van der Waals surface area contributed by atoms with Crippen molar-refractivity contribution in [3.05, 3.63) is 35.4 Å². The maximum absolute atomic E-state index is 11.8. The van der Waals surface area contributed by atoms with Crippen molar-refractivity contribution in [1.82, 2.24) is 5.48 Å². The number of carbonyl (C=O) groups excluding carboxylic acids is 1. The van der Waals surface area contributed by atoms with E-state index in [0.29, 0.717) is 6.61 Å². The summed E-state index contributed by atoms with van der Waals surface area (Å²) in [6.07, 6.45) is 0.0133. The number of nitrogens with one attached hydrogen (secondary N) is 1. The van der Waals surface area contributed by atoms with E-state index in [0.717, 1.165) is 17.5 Å². The number of fused-ring (bicyclic) bond motifs is 1. The van der Waals surface area contributed by atoms with Crippen LogP contribution in [0.25, 0.3) is 0 Å². The summed E-state index contributed by atoms with van der Waals surface area (Å²) in [5, 5.41) is 8.39. The average Bonchev–Trinajstić information content (AvgIpc) is 2.37. The van der Waals surface area contributed by atoms with Gasteiger partial charge in [-0.25, -0.2) is 10.3 Å². The van der Waals surface area contributed by atoms with E-state index in [4.69, 9.17) is 9.84 Å². The normalized spacial score (nSPS) is 17.9. The Kier molecular flexibility index (Phi) is 3.91. The Hall–Kier alpha value is -1.92. The minimum absolute atomic E-state index is 0.452. The van der Waals surface area contributed by atoms with Crippen molar-refractivity contribution >= 4 is 11.9 Å². The number of carbonyl (C=O) groups is 2. The van der Waals surface area contributed by atoms with E-state index in [1.165, 1.54) is 0 Å². The predicted molar refractivity (Wildman–Crippen MR) is 60.6 cm³/mol. The second kappa shape index (κ2) is 5.61. The maximum atomic E-state index is 11.8. The molecule has 1 amide bonds. The molecule has 0 fully saturated rings. The Morgan fingerprint density at radius 3 is 3.00 bits per heavy atom. The third-order valence-electron chi connectivity index (χ3n) is 2.60. The number of ether oxygens (including phenoxy) is 1. The fourth-order valence-electron chi connectivity index (χ4n) is 1.83. The smallest absolute Gasteiger partial charge is 0.332 e. The molecule has 0 saturated carbocycles. The standard InChI is InChI=1S/C12H13NO5/c14-10(15)7-18-13-12(16)11-9-4-2-1-3-8(9)5-6-17-11/h1-4,11H,5-7H2,(H,13,16)(H,14,15). The first-order valence-corrected chi connectivity index (χ1v) is 5.51. The van der Waals surface area contributed by atoms with E-state index in [2.05, 4.69) is 10.3 Å². The van der Waals surface area contributed by atoms with Gasteiger partial charge in [-0.1, -0.05) is 24.3 Å². The number of rotatable bonds is 4.